The minimum atomic E-state index is -0.839. The van der Waals surface area contributed by atoms with E-state index >= 15 is 0 Å². The van der Waals surface area contributed by atoms with Crippen LogP contribution in [0.1, 0.15) is 33.1 Å². The molecule has 16 heavy (non-hydrogen) atoms. The summed E-state index contributed by atoms with van der Waals surface area (Å²) < 4.78 is 0. The summed E-state index contributed by atoms with van der Waals surface area (Å²) in [6.07, 6.45) is 2.61. The SMILES string of the molecule is CC(C)CCCN(C)C(=O)C1CC1C(=O)O. The normalized spacial score (nSPS) is 23.2. The Morgan fingerprint density at radius 2 is 2.00 bits per heavy atom. The average molecular weight is 227 g/mol. The fourth-order valence-corrected chi connectivity index (χ4v) is 1.87. The first-order valence-corrected chi connectivity index (χ1v) is 5.91. The van der Waals surface area contributed by atoms with Crippen LogP contribution in [0.3, 0.4) is 0 Å². The molecule has 92 valence electrons. The Labute approximate surface area is 96.6 Å². The van der Waals surface area contributed by atoms with Crippen molar-refractivity contribution in [1.82, 2.24) is 4.90 Å². The van der Waals surface area contributed by atoms with Gasteiger partial charge in [-0.2, -0.15) is 0 Å². The molecular formula is C12H21NO3. The molecule has 1 aliphatic rings. The fraction of sp³-hybridized carbons (Fsp3) is 0.833. The van der Waals surface area contributed by atoms with Gasteiger partial charge in [-0.05, 0) is 25.2 Å². The molecule has 1 amide bonds. The molecule has 1 fully saturated rings. The van der Waals surface area contributed by atoms with E-state index in [0.717, 1.165) is 19.4 Å². The molecule has 0 bridgehead atoms. The molecule has 0 spiro atoms. The lowest BCUT2D eigenvalue weighted by Crippen LogP contribution is -2.30. The van der Waals surface area contributed by atoms with Gasteiger partial charge in [-0.15, -0.1) is 0 Å². The van der Waals surface area contributed by atoms with Gasteiger partial charge in [-0.1, -0.05) is 13.8 Å². The van der Waals surface area contributed by atoms with Crippen molar-refractivity contribution in [3.8, 4) is 0 Å². The van der Waals surface area contributed by atoms with Crippen LogP contribution in [0.2, 0.25) is 0 Å². The molecule has 0 aliphatic heterocycles. The zero-order valence-corrected chi connectivity index (χ0v) is 10.3. The second-order valence-electron chi connectivity index (χ2n) is 5.08. The molecule has 0 aromatic carbocycles. The zero-order valence-electron chi connectivity index (χ0n) is 10.3. The van der Waals surface area contributed by atoms with Gasteiger partial charge in [0, 0.05) is 13.6 Å². The molecule has 1 saturated carbocycles. The standard InChI is InChI=1S/C12H21NO3/c1-8(2)5-4-6-13(3)11(14)9-7-10(9)12(15)16/h8-10H,4-7H2,1-3H3,(H,15,16). The van der Waals surface area contributed by atoms with Crippen LogP contribution in [0.15, 0.2) is 0 Å². The molecule has 0 radical (unpaired) electrons. The molecule has 0 aromatic rings. The summed E-state index contributed by atoms with van der Waals surface area (Å²) >= 11 is 0. The highest BCUT2D eigenvalue weighted by molar-refractivity contribution is 5.89. The van der Waals surface area contributed by atoms with Gasteiger partial charge in [-0.25, -0.2) is 0 Å². The van der Waals surface area contributed by atoms with Crippen molar-refractivity contribution in [1.29, 1.82) is 0 Å². The van der Waals surface area contributed by atoms with Gasteiger partial charge in [0.15, 0.2) is 0 Å². The zero-order chi connectivity index (χ0) is 12.3. The predicted molar refractivity (Wildman–Crippen MR) is 60.9 cm³/mol. The van der Waals surface area contributed by atoms with Crippen LogP contribution in [0.5, 0.6) is 0 Å². The highest BCUT2D eigenvalue weighted by atomic mass is 16.4. The fourth-order valence-electron chi connectivity index (χ4n) is 1.87. The predicted octanol–water partition coefficient (Wildman–Crippen LogP) is 1.60. The van der Waals surface area contributed by atoms with Gasteiger partial charge in [0.2, 0.25) is 5.91 Å². The molecule has 1 aliphatic carbocycles. The van der Waals surface area contributed by atoms with E-state index in [9.17, 15) is 9.59 Å². The minimum Gasteiger partial charge on any atom is -0.481 e. The topological polar surface area (TPSA) is 57.6 Å². The van der Waals surface area contributed by atoms with Crippen molar-refractivity contribution in [3.05, 3.63) is 0 Å². The summed E-state index contributed by atoms with van der Waals surface area (Å²) in [5.74, 6) is -0.886. The van der Waals surface area contributed by atoms with E-state index < -0.39 is 11.9 Å². The molecule has 0 heterocycles. The highest BCUT2D eigenvalue weighted by Crippen LogP contribution is 2.39. The largest absolute Gasteiger partial charge is 0.481 e. The highest BCUT2D eigenvalue weighted by Gasteiger charge is 2.49. The van der Waals surface area contributed by atoms with Crippen molar-refractivity contribution in [2.75, 3.05) is 13.6 Å². The third kappa shape index (κ3) is 3.51. The summed E-state index contributed by atoms with van der Waals surface area (Å²) in [6, 6.07) is 0. The van der Waals surface area contributed by atoms with E-state index in [1.54, 1.807) is 11.9 Å². The molecule has 4 nitrogen and oxygen atoms in total. The first-order chi connectivity index (χ1) is 7.43. The Bertz CT molecular complexity index is 275. The molecule has 2 unspecified atom stereocenters. The molecule has 1 N–H and O–H groups in total. The van der Waals surface area contributed by atoms with E-state index in [-0.39, 0.29) is 11.8 Å². The smallest absolute Gasteiger partial charge is 0.307 e. The van der Waals surface area contributed by atoms with Crippen LogP contribution in [-0.4, -0.2) is 35.5 Å². The minimum absolute atomic E-state index is 0.00356. The van der Waals surface area contributed by atoms with Gasteiger partial charge in [0.25, 0.3) is 0 Å². The molecular weight excluding hydrogens is 206 g/mol. The Morgan fingerprint density at radius 1 is 1.38 bits per heavy atom. The van der Waals surface area contributed by atoms with Crippen LogP contribution in [0.4, 0.5) is 0 Å². The quantitative estimate of drug-likeness (QED) is 0.750. The first-order valence-electron chi connectivity index (χ1n) is 5.91. The van der Waals surface area contributed by atoms with Gasteiger partial charge in [0.1, 0.15) is 0 Å². The number of hydrogen-bond acceptors (Lipinski definition) is 2. The second kappa shape index (κ2) is 5.32. The average Bonchev–Trinajstić information content (AvgIpc) is 2.95. The lowest BCUT2D eigenvalue weighted by molar-refractivity contribution is -0.141. The number of hydrogen-bond donors (Lipinski definition) is 1. The van der Waals surface area contributed by atoms with Crippen molar-refractivity contribution in [3.63, 3.8) is 0 Å². The Kier molecular flexibility index (Phi) is 4.33. The summed E-state index contributed by atoms with van der Waals surface area (Å²) in [5, 5.41) is 8.73. The van der Waals surface area contributed by atoms with Crippen molar-refractivity contribution < 1.29 is 14.7 Å². The lowest BCUT2D eigenvalue weighted by Gasteiger charge is -2.17. The number of aliphatic carboxylic acids is 1. The Balaban J connectivity index is 2.25. The van der Waals surface area contributed by atoms with Crippen molar-refractivity contribution in [2.24, 2.45) is 17.8 Å². The Morgan fingerprint density at radius 3 is 2.44 bits per heavy atom. The third-order valence-electron chi connectivity index (χ3n) is 3.08. The summed E-state index contributed by atoms with van der Waals surface area (Å²) in [5.41, 5.74) is 0. The van der Waals surface area contributed by atoms with Crippen LogP contribution < -0.4 is 0 Å². The van der Waals surface area contributed by atoms with E-state index in [2.05, 4.69) is 13.8 Å². The Hall–Kier alpha value is -1.06. The number of carbonyl (C=O) groups excluding carboxylic acids is 1. The number of rotatable bonds is 6. The molecule has 2 atom stereocenters. The maximum Gasteiger partial charge on any atom is 0.307 e. The number of carboxylic acids is 1. The van der Waals surface area contributed by atoms with Crippen molar-refractivity contribution >= 4 is 11.9 Å². The van der Waals surface area contributed by atoms with Crippen molar-refractivity contribution in [2.45, 2.75) is 33.1 Å². The third-order valence-corrected chi connectivity index (χ3v) is 3.08. The van der Waals surface area contributed by atoms with Gasteiger partial charge in [0.05, 0.1) is 11.8 Å². The van der Waals surface area contributed by atoms with Gasteiger partial charge >= 0.3 is 5.97 Å². The summed E-state index contributed by atoms with van der Waals surface area (Å²) in [4.78, 5) is 24.1. The monoisotopic (exact) mass is 227 g/mol. The summed E-state index contributed by atoms with van der Waals surface area (Å²) in [7, 11) is 1.76. The van der Waals surface area contributed by atoms with Crippen LogP contribution in [-0.2, 0) is 9.59 Å². The van der Waals surface area contributed by atoms with E-state index in [0.29, 0.717) is 12.3 Å². The lowest BCUT2D eigenvalue weighted by atomic mass is 10.1. The summed E-state index contributed by atoms with van der Waals surface area (Å²) in [6.45, 7) is 5.05. The van der Waals surface area contributed by atoms with E-state index in [1.165, 1.54) is 0 Å². The van der Waals surface area contributed by atoms with Crippen LogP contribution in [0.25, 0.3) is 0 Å². The molecule has 1 rings (SSSR count). The second-order valence-corrected chi connectivity index (χ2v) is 5.08. The van der Waals surface area contributed by atoms with Crippen LogP contribution >= 0.6 is 0 Å². The maximum absolute atomic E-state index is 11.8. The molecule has 0 aromatic heterocycles. The number of carbonyl (C=O) groups is 2. The molecule has 0 saturated heterocycles. The number of amides is 1. The van der Waals surface area contributed by atoms with Gasteiger partial charge < -0.3 is 10.0 Å². The molecule has 4 heteroatoms. The van der Waals surface area contributed by atoms with Gasteiger partial charge in [-0.3, -0.25) is 9.59 Å². The van der Waals surface area contributed by atoms with Crippen LogP contribution in [0, 0.1) is 17.8 Å². The maximum atomic E-state index is 11.8. The number of carboxylic acid groups (broad SMARTS) is 1. The van der Waals surface area contributed by atoms with E-state index in [1.807, 2.05) is 0 Å². The number of nitrogens with zero attached hydrogens (tertiary/aromatic N) is 1. The first kappa shape index (κ1) is 13.0. The van der Waals surface area contributed by atoms with E-state index in [4.69, 9.17) is 5.11 Å².